The molecule has 2 nitrogen and oxygen atoms in total. The lowest BCUT2D eigenvalue weighted by Gasteiger charge is -2.18. The Morgan fingerprint density at radius 3 is 2.71 bits per heavy atom. The molecule has 0 aliphatic rings. The molecule has 2 aromatic carbocycles. The van der Waals surface area contributed by atoms with Crippen LogP contribution in [0, 0.1) is 0 Å². The molecule has 3 rings (SSSR count). The average Bonchev–Trinajstić information content (AvgIpc) is 2.95. The molecule has 0 bridgehead atoms. The molecule has 1 heterocycles. The van der Waals surface area contributed by atoms with E-state index >= 15 is 0 Å². The van der Waals surface area contributed by atoms with Gasteiger partial charge in [0.05, 0.1) is 16.3 Å². The van der Waals surface area contributed by atoms with E-state index in [4.69, 9.17) is 0 Å². The van der Waals surface area contributed by atoms with Crippen molar-refractivity contribution in [3.63, 3.8) is 0 Å². The number of thioether (sulfide) groups is 1. The summed E-state index contributed by atoms with van der Waals surface area (Å²) in [6.07, 6.45) is 3.13. The van der Waals surface area contributed by atoms with Gasteiger partial charge in [-0.15, -0.1) is 11.3 Å². The van der Waals surface area contributed by atoms with Gasteiger partial charge in [-0.05, 0) is 36.4 Å². The van der Waals surface area contributed by atoms with E-state index in [-0.39, 0.29) is 0 Å². The standard InChI is InChI=1S/C17H18N2S2/c1-3-14(12-7-5-4-6-8-12)18-13-9-10-15-16(11-13)21-17(19-15)20-2/h4-11,14,18H,3H2,1-2H3. The maximum atomic E-state index is 4.58. The molecule has 0 radical (unpaired) electrons. The molecule has 1 aromatic heterocycles. The van der Waals surface area contributed by atoms with Crippen molar-refractivity contribution in [1.82, 2.24) is 4.98 Å². The number of thiazole rings is 1. The first-order chi connectivity index (χ1) is 10.3. The summed E-state index contributed by atoms with van der Waals surface area (Å²) in [6, 6.07) is 17.4. The number of benzene rings is 2. The van der Waals surface area contributed by atoms with E-state index < -0.39 is 0 Å². The summed E-state index contributed by atoms with van der Waals surface area (Å²) in [6.45, 7) is 2.21. The van der Waals surface area contributed by atoms with E-state index in [0.29, 0.717) is 6.04 Å². The molecule has 21 heavy (non-hydrogen) atoms. The topological polar surface area (TPSA) is 24.9 Å². The third kappa shape index (κ3) is 3.22. The Morgan fingerprint density at radius 1 is 1.19 bits per heavy atom. The van der Waals surface area contributed by atoms with Crippen LogP contribution in [0.3, 0.4) is 0 Å². The van der Waals surface area contributed by atoms with Crippen LogP contribution >= 0.6 is 23.1 Å². The predicted octanol–water partition coefficient (Wildman–Crippen LogP) is 5.58. The summed E-state index contributed by atoms with van der Waals surface area (Å²) in [4.78, 5) is 4.58. The van der Waals surface area contributed by atoms with Gasteiger partial charge in [-0.3, -0.25) is 0 Å². The Hall–Kier alpha value is -1.52. The second-order valence-electron chi connectivity index (χ2n) is 4.88. The van der Waals surface area contributed by atoms with Gasteiger partial charge in [0.15, 0.2) is 4.34 Å². The van der Waals surface area contributed by atoms with Gasteiger partial charge in [-0.2, -0.15) is 0 Å². The van der Waals surface area contributed by atoms with Crippen LogP contribution in [0.4, 0.5) is 5.69 Å². The summed E-state index contributed by atoms with van der Waals surface area (Å²) in [7, 11) is 0. The lowest BCUT2D eigenvalue weighted by atomic mass is 10.0. The van der Waals surface area contributed by atoms with Crippen LogP contribution < -0.4 is 5.32 Å². The highest BCUT2D eigenvalue weighted by atomic mass is 32.2. The second kappa shape index (κ2) is 6.50. The van der Waals surface area contributed by atoms with E-state index in [1.807, 2.05) is 0 Å². The Balaban J connectivity index is 1.86. The van der Waals surface area contributed by atoms with Crippen molar-refractivity contribution in [2.24, 2.45) is 0 Å². The zero-order valence-electron chi connectivity index (χ0n) is 12.2. The van der Waals surface area contributed by atoms with Crippen molar-refractivity contribution < 1.29 is 0 Å². The second-order valence-corrected chi connectivity index (χ2v) is 6.97. The van der Waals surface area contributed by atoms with Crippen LogP contribution in [0.2, 0.25) is 0 Å². The van der Waals surface area contributed by atoms with Crippen LogP contribution in [-0.4, -0.2) is 11.2 Å². The highest BCUT2D eigenvalue weighted by Gasteiger charge is 2.10. The molecule has 0 spiro atoms. The normalized spacial score (nSPS) is 12.5. The van der Waals surface area contributed by atoms with E-state index in [1.165, 1.54) is 10.3 Å². The van der Waals surface area contributed by atoms with E-state index in [9.17, 15) is 0 Å². The van der Waals surface area contributed by atoms with Crippen LogP contribution in [0.1, 0.15) is 24.9 Å². The Labute approximate surface area is 133 Å². The van der Waals surface area contributed by atoms with Gasteiger partial charge in [0, 0.05) is 5.69 Å². The number of rotatable bonds is 5. The number of fused-ring (bicyclic) bond motifs is 1. The first-order valence-electron chi connectivity index (χ1n) is 7.06. The first-order valence-corrected chi connectivity index (χ1v) is 9.10. The van der Waals surface area contributed by atoms with E-state index in [2.05, 4.69) is 72.0 Å². The van der Waals surface area contributed by atoms with Crippen LogP contribution in [0.25, 0.3) is 10.2 Å². The maximum absolute atomic E-state index is 4.58. The van der Waals surface area contributed by atoms with Gasteiger partial charge in [0.2, 0.25) is 0 Å². The molecule has 1 atom stereocenters. The summed E-state index contributed by atoms with van der Waals surface area (Å²) in [5, 5.41) is 3.64. The molecule has 0 saturated heterocycles. The summed E-state index contributed by atoms with van der Waals surface area (Å²) >= 11 is 3.46. The fourth-order valence-corrected chi connectivity index (χ4v) is 3.92. The molecule has 3 aromatic rings. The summed E-state index contributed by atoms with van der Waals surface area (Å²) < 4.78 is 2.37. The number of nitrogens with one attached hydrogen (secondary N) is 1. The summed E-state index contributed by atoms with van der Waals surface area (Å²) in [5.74, 6) is 0. The van der Waals surface area contributed by atoms with Gasteiger partial charge < -0.3 is 5.32 Å². The number of anilines is 1. The molecule has 0 saturated carbocycles. The van der Waals surface area contributed by atoms with Crippen LogP contribution in [0.15, 0.2) is 52.9 Å². The van der Waals surface area contributed by atoms with Crippen molar-refractivity contribution in [2.45, 2.75) is 23.7 Å². The predicted molar refractivity (Wildman–Crippen MR) is 94.5 cm³/mol. The van der Waals surface area contributed by atoms with Gasteiger partial charge in [0.25, 0.3) is 0 Å². The largest absolute Gasteiger partial charge is 0.378 e. The van der Waals surface area contributed by atoms with Crippen molar-refractivity contribution in [1.29, 1.82) is 0 Å². The maximum Gasteiger partial charge on any atom is 0.150 e. The van der Waals surface area contributed by atoms with Gasteiger partial charge >= 0.3 is 0 Å². The molecular formula is C17H18N2S2. The first kappa shape index (κ1) is 14.4. The number of aromatic nitrogens is 1. The fourth-order valence-electron chi connectivity index (χ4n) is 2.39. The van der Waals surface area contributed by atoms with Gasteiger partial charge in [0.1, 0.15) is 0 Å². The van der Waals surface area contributed by atoms with Crippen LogP contribution in [-0.2, 0) is 0 Å². The third-order valence-electron chi connectivity index (χ3n) is 3.49. The van der Waals surface area contributed by atoms with Gasteiger partial charge in [-0.1, -0.05) is 49.0 Å². The highest BCUT2D eigenvalue weighted by Crippen LogP contribution is 2.31. The molecule has 0 amide bonds. The molecule has 0 aliphatic carbocycles. The quantitative estimate of drug-likeness (QED) is 0.622. The minimum absolute atomic E-state index is 0.344. The molecule has 0 fully saturated rings. The number of hydrogen-bond acceptors (Lipinski definition) is 4. The van der Waals surface area contributed by atoms with E-state index in [1.54, 1.807) is 23.1 Å². The van der Waals surface area contributed by atoms with Crippen molar-refractivity contribution in [3.8, 4) is 0 Å². The molecular weight excluding hydrogens is 296 g/mol. The Morgan fingerprint density at radius 2 is 2.00 bits per heavy atom. The zero-order valence-corrected chi connectivity index (χ0v) is 13.8. The third-order valence-corrected chi connectivity index (χ3v) is 5.50. The Kier molecular flexibility index (Phi) is 4.46. The van der Waals surface area contributed by atoms with Crippen LogP contribution in [0.5, 0.6) is 0 Å². The van der Waals surface area contributed by atoms with Crippen molar-refractivity contribution in [2.75, 3.05) is 11.6 Å². The van der Waals surface area contributed by atoms with Crippen molar-refractivity contribution in [3.05, 3.63) is 54.1 Å². The van der Waals surface area contributed by atoms with Crippen molar-refractivity contribution >= 4 is 39.0 Å². The average molecular weight is 314 g/mol. The smallest absolute Gasteiger partial charge is 0.150 e. The van der Waals surface area contributed by atoms with Gasteiger partial charge in [-0.25, -0.2) is 4.98 Å². The monoisotopic (exact) mass is 314 g/mol. The number of nitrogens with zero attached hydrogens (tertiary/aromatic N) is 1. The minimum atomic E-state index is 0.344. The lowest BCUT2D eigenvalue weighted by Crippen LogP contribution is -2.09. The molecule has 108 valence electrons. The molecule has 1 N–H and O–H groups in total. The highest BCUT2D eigenvalue weighted by molar-refractivity contribution is 8.00. The summed E-state index contributed by atoms with van der Waals surface area (Å²) in [5.41, 5.74) is 3.58. The number of hydrogen-bond donors (Lipinski definition) is 1. The SMILES string of the molecule is CCC(Nc1ccc2nc(SC)sc2c1)c1ccccc1. The Bertz CT molecular complexity index is 722. The molecule has 4 heteroatoms. The zero-order chi connectivity index (χ0) is 14.7. The van der Waals surface area contributed by atoms with E-state index in [0.717, 1.165) is 22.0 Å². The minimum Gasteiger partial charge on any atom is -0.378 e. The molecule has 0 aliphatic heterocycles. The molecule has 1 unspecified atom stereocenters. The fraction of sp³-hybridized carbons (Fsp3) is 0.235. The lowest BCUT2D eigenvalue weighted by molar-refractivity contribution is 0.750.